The van der Waals surface area contributed by atoms with Crippen LogP contribution in [0, 0.1) is 0 Å². The fraction of sp³-hybridized carbons (Fsp3) is 0.478. The van der Waals surface area contributed by atoms with E-state index in [-0.39, 0.29) is 6.61 Å². The first kappa shape index (κ1) is 23.8. The molecule has 166 valence electrons. The standard InChI is InChI=1S/C23H33NO6/c1-5-28-21-8-6-7-9-22(21)30-17-19(25)16-24(2)15-18-10-11-20(27-4)23(14-18)29-13-12-26-3/h6-11,14,19,25H,5,12-13,15-17H2,1-4H3/t19-/m1/s1. The van der Waals surface area contributed by atoms with Gasteiger partial charge in [0.15, 0.2) is 23.0 Å². The van der Waals surface area contributed by atoms with Crippen molar-refractivity contribution in [3.05, 3.63) is 48.0 Å². The number of nitrogens with zero attached hydrogens (tertiary/aromatic N) is 1. The van der Waals surface area contributed by atoms with Crippen LogP contribution < -0.4 is 18.9 Å². The van der Waals surface area contributed by atoms with Crippen LogP contribution in [0.5, 0.6) is 23.0 Å². The first-order valence-electron chi connectivity index (χ1n) is 10.1. The Morgan fingerprint density at radius 1 is 0.900 bits per heavy atom. The molecule has 0 aliphatic carbocycles. The summed E-state index contributed by atoms with van der Waals surface area (Å²) >= 11 is 0. The fourth-order valence-electron chi connectivity index (χ4n) is 2.99. The average molecular weight is 420 g/mol. The van der Waals surface area contributed by atoms with Gasteiger partial charge in [-0.25, -0.2) is 0 Å². The molecule has 1 atom stereocenters. The first-order valence-corrected chi connectivity index (χ1v) is 10.1. The maximum absolute atomic E-state index is 10.4. The number of para-hydroxylation sites is 2. The highest BCUT2D eigenvalue weighted by atomic mass is 16.5. The summed E-state index contributed by atoms with van der Waals surface area (Å²) in [6.45, 7) is 4.73. The van der Waals surface area contributed by atoms with Gasteiger partial charge < -0.3 is 28.8 Å². The highest BCUT2D eigenvalue weighted by Crippen LogP contribution is 2.29. The molecule has 1 N–H and O–H groups in total. The van der Waals surface area contributed by atoms with Crippen molar-refractivity contribution in [3.8, 4) is 23.0 Å². The van der Waals surface area contributed by atoms with E-state index in [4.69, 9.17) is 23.7 Å². The molecule has 2 aromatic rings. The van der Waals surface area contributed by atoms with Gasteiger partial charge in [0.25, 0.3) is 0 Å². The number of ether oxygens (including phenoxy) is 5. The summed E-state index contributed by atoms with van der Waals surface area (Å²) in [4.78, 5) is 2.03. The zero-order valence-electron chi connectivity index (χ0n) is 18.3. The Labute approximate surface area is 179 Å². The van der Waals surface area contributed by atoms with E-state index in [0.29, 0.717) is 55.9 Å². The van der Waals surface area contributed by atoms with Crippen LogP contribution in [-0.2, 0) is 11.3 Å². The molecule has 0 aromatic heterocycles. The molecule has 0 radical (unpaired) electrons. The number of hydrogen-bond acceptors (Lipinski definition) is 7. The minimum absolute atomic E-state index is 0.183. The van der Waals surface area contributed by atoms with Gasteiger partial charge in [-0.05, 0) is 43.8 Å². The van der Waals surface area contributed by atoms with Crippen molar-refractivity contribution in [1.29, 1.82) is 0 Å². The third kappa shape index (κ3) is 7.74. The molecule has 0 aliphatic heterocycles. The summed E-state index contributed by atoms with van der Waals surface area (Å²) in [6, 6.07) is 13.3. The van der Waals surface area contributed by atoms with Gasteiger partial charge in [0.1, 0.15) is 19.3 Å². The molecule has 0 amide bonds. The molecule has 2 aromatic carbocycles. The minimum Gasteiger partial charge on any atom is -0.493 e. The molecule has 0 heterocycles. The molecule has 7 nitrogen and oxygen atoms in total. The number of rotatable bonds is 14. The van der Waals surface area contributed by atoms with Crippen LogP contribution in [0.25, 0.3) is 0 Å². The Bertz CT molecular complexity index is 754. The van der Waals surface area contributed by atoms with Gasteiger partial charge >= 0.3 is 0 Å². The molecule has 7 heteroatoms. The number of likely N-dealkylation sites (N-methyl/N-ethyl adjacent to an activating group) is 1. The molecular formula is C23H33NO6. The number of methoxy groups -OCH3 is 2. The van der Waals surface area contributed by atoms with Gasteiger partial charge in [0.2, 0.25) is 0 Å². The lowest BCUT2D eigenvalue weighted by Crippen LogP contribution is -2.32. The van der Waals surface area contributed by atoms with Crippen molar-refractivity contribution in [3.63, 3.8) is 0 Å². The zero-order chi connectivity index (χ0) is 21.8. The SMILES string of the molecule is CCOc1ccccc1OC[C@H](O)CN(C)Cc1ccc(OC)c(OCCOC)c1. The highest BCUT2D eigenvalue weighted by molar-refractivity contribution is 5.43. The van der Waals surface area contributed by atoms with Gasteiger partial charge in [-0.3, -0.25) is 4.90 Å². The number of hydrogen-bond donors (Lipinski definition) is 1. The fourth-order valence-corrected chi connectivity index (χ4v) is 2.99. The third-order valence-electron chi connectivity index (χ3n) is 4.33. The van der Waals surface area contributed by atoms with Crippen LogP contribution in [0.1, 0.15) is 12.5 Å². The molecule has 0 unspecified atom stereocenters. The lowest BCUT2D eigenvalue weighted by molar-refractivity contribution is 0.0730. The van der Waals surface area contributed by atoms with E-state index in [1.165, 1.54) is 0 Å². The van der Waals surface area contributed by atoms with E-state index in [0.717, 1.165) is 5.56 Å². The summed E-state index contributed by atoms with van der Waals surface area (Å²) < 4.78 is 27.4. The van der Waals surface area contributed by atoms with Crippen molar-refractivity contribution in [2.45, 2.75) is 19.6 Å². The van der Waals surface area contributed by atoms with Crippen LogP contribution in [0.4, 0.5) is 0 Å². The molecule has 30 heavy (non-hydrogen) atoms. The summed E-state index contributed by atoms with van der Waals surface area (Å²) in [5, 5.41) is 10.4. The molecule has 0 saturated heterocycles. The van der Waals surface area contributed by atoms with Gasteiger partial charge in [-0.1, -0.05) is 18.2 Å². The largest absolute Gasteiger partial charge is 0.493 e. The Hall–Kier alpha value is -2.48. The Morgan fingerprint density at radius 3 is 2.30 bits per heavy atom. The van der Waals surface area contributed by atoms with E-state index in [1.807, 2.05) is 61.3 Å². The third-order valence-corrected chi connectivity index (χ3v) is 4.33. The highest BCUT2D eigenvalue weighted by Gasteiger charge is 2.13. The minimum atomic E-state index is -0.639. The number of aliphatic hydroxyl groups is 1. The van der Waals surface area contributed by atoms with Crippen LogP contribution in [0.2, 0.25) is 0 Å². The van der Waals surface area contributed by atoms with Crippen molar-refractivity contribution in [1.82, 2.24) is 4.90 Å². The van der Waals surface area contributed by atoms with Gasteiger partial charge in [0, 0.05) is 20.2 Å². The first-order chi connectivity index (χ1) is 14.6. The molecule has 0 bridgehead atoms. The maximum atomic E-state index is 10.4. The Kier molecular flexibility index (Phi) is 10.3. The Balaban J connectivity index is 1.87. The van der Waals surface area contributed by atoms with Crippen LogP contribution in [-0.4, -0.2) is 70.3 Å². The second-order valence-corrected chi connectivity index (χ2v) is 6.87. The van der Waals surface area contributed by atoms with E-state index >= 15 is 0 Å². The summed E-state index contributed by atoms with van der Waals surface area (Å²) in [6.07, 6.45) is -0.639. The van der Waals surface area contributed by atoms with Gasteiger partial charge in [-0.2, -0.15) is 0 Å². The number of aliphatic hydroxyl groups excluding tert-OH is 1. The summed E-state index contributed by atoms with van der Waals surface area (Å²) in [5.74, 6) is 2.67. The van der Waals surface area contributed by atoms with E-state index in [1.54, 1.807) is 14.2 Å². The second-order valence-electron chi connectivity index (χ2n) is 6.87. The van der Waals surface area contributed by atoms with Gasteiger partial charge in [0.05, 0.1) is 20.3 Å². The lowest BCUT2D eigenvalue weighted by Gasteiger charge is -2.22. The molecule has 0 saturated carbocycles. The Morgan fingerprint density at radius 2 is 1.63 bits per heavy atom. The summed E-state index contributed by atoms with van der Waals surface area (Å²) in [5.41, 5.74) is 1.06. The van der Waals surface area contributed by atoms with E-state index < -0.39 is 6.10 Å². The van der Waals surface area contributed by atoms with Crippen molar-refractivity contribution < 1.29 is 28.8 Å². The molecule has 2 rings (SSSR count). The quantitative estimate of drug-likeness (QED) is 0.472. The van der Waals surface area contributed by atoms with Crippen LogP contribution in [0.15, 0.2) is 42.5 Å². The monoisotopic (exact) mass is 419 g/mol. The molecule has 0 spiro atoms. The van der Waals surface area contributed by atoms with Crippen molar-refractivity contribution in [2.75, 3.05) is 54.2 Å². The van der Waals surface area contributed by atoms with Crippen LogP contribution >= 0.6 is 0 Å². The van der Waals surface area contributed by atoms with E-state index in [9.17, 15) is 5.11 Å². The summed E-state index contributed by atoms with van der Waals surface area (Å²) in [7, 11) is 5.20. The molecule has 0 aliphatic rings. The lowest BCUT2D eigenvalue weighted by atomic mass is 10.2. The smallest absolute Gasteiger partial charge is 0.161 e. The van der Waals surface area contributed by atoms with Gasteiger partial charge in [-0.15, -0.1) is 0 Å². The van der Waals surface area contributed by atoms with Crippen LogP contribution in [0.3, 0.4) is 0 Å². The molecule has 0 fully saturated rings. The number of benzene rings is 2. The normalized spacial score (nSPS) is 11.9. The molecular weight excluding hydrogens is 386 g/mol. The zero-order valence-corrected chi connectivity index (χ0v) is 18.3. The predicted octanol–water partition coefficient (Wildman–Crippen LogP) is 2.99. The van der Waals surface area contributed by atoms with Crippen molar-refractivity contribution in [2.24, 2.45) is 0 Å². The van der Waals surface area contributed by atoms with Crippen molar-refractivity contribution >= 4 is 0 Å². The predicted molar refractivity (Wildman–Crippen MR) is 116 cm³/mol. The van der Waals surface area contributed by atoms with E-state index in [2.05, 4.69) is 0 Å². The average Bonchev–Trinajstić information content (AvgIpc) is 2.73. The second kappa shape index (κ2) is 13.0. The maximum Gasteiger partial charge on any atom is 0.161 e. The topological polar surface area (TPSA) is 69.6 Å².